The van der Waals surface area contributed by atoms with Crippen LogP contribution in [0.15, 0.2) is 0 Å². The van der Waals surface area contributed by atoms with Crippen LogP contribution in [0.25, 0.3) is 0 Å². The van der Waals surface area contributed by atoms with Crippen molar-refractivity contribution in [2.75, 3.05) is 6.61 Å². The number of rotatable bonds is 1. The van der Waals surface area contributed by atoms with Crippen molar-refractivity contribution in [2.24, 2.45) is 5.73 Å². The van der Waals surface area contributed by atoms with E-state index in [1.165, 1.54) is 11.4 Å². The summed E-state index contributed by atoms with van der Waals surface area (Å²) in [5.41, 5.74) is 8.20. The molecule has 0 radical (unpaired) electrons. The average Bonchev–Trinajstić information content (AvgIpc) is 2.84. The molecule has 1 fully saturated rings. The number of nitrogens with two attached hydrogens (primary N) is 1. The highest BCUT2D eigenvalue weighted by atomic mass is 16.5. The summed E-state index contributed by atoms with van der Waals surface area (Å²) in [6.45, 7) is 2.98. The minimum Gasteiger partial charge on any atom is -0.367 e. The molecule has 1 aromatic heterocycles. The zero-order valence-corrected chi connectivity index (χ0v) is 9.75. The van der Waals surface area contributed by atoms with Crippen LogP contribution < -0.4 is 5.73 Å². The summed E-state index contributed by atoms with van der Waals surface area (Å²) in [4.78, 5) is 8.13. The Kier molecular flexibility index (Phi) is 2.30. The van der Waals surface area contributed by atoms with Crippen molar-refractivity contribution >= 4 is 0 Å². The summed E-state index contributed by atoms with van der Waals surface area (Å²) in [6.07, 6.45) is 5.17. The van der Waals surface area contributed by atoms with Gasteiger partial charge in [0.25, 0.3) is 0 Å². The predicted octanol–water partition coefficient (Wildman–Crippen LogP) is 1.25. The molecule has 2 heterocycles. The lowest BCUT2D eigenvalue weighted by Crippen LogP contribution is -2.27. The lowest BCUT2D eigenvalue weighted by Gasteiger charge is -2.19. The molecule has 1 aromatic rings. The number of H-pyrrole nitrogens is 1. The van der Waals surface area contributed by atoms with Crippen LogP contribution in [0.5, 0.6) is 0 Å². The van der Waals surface area contributed by atoms with E-state index in [1.54, 1.807) is 0 Å². The first-order valence-electron chi connectivity index (χ1n) is 6.15. The second-order valence-electron chi connectivity index (χ2n) is 5.20. The van der Waals surface area contributed by atoms with Gasteiger partial charge in [-0.2, -0.15) is 0 Å². The van der Waals surface area contributed by atoms with Crippen molar-refractivity contribution in [3.05, 3.63) is 17.2 Å². The van der Waals surface area contributed by atoms with E-state index in [0.717, 1.165) is 44.5 Å². The van der Waals surface area contributed by atoms with E-state index in [9.17, 15) is 0 Å². The zero-order chi connectivity index (χ0) is 11.2. The maximum absolute atomic E-state index is 5.97. The Balaban J connectivity index is 1.92. The molecule has 4 heteroatoms. The van der Waals surface area contributed by atoms with Crippen molar-refractivity contribution in [1.29, 1.82) is 0 Å². The Morgan fingerprint density at radius 1 is 1.56 bits per heavy atom. The molecule has 2 unspecified atom stereocenters. The molecule has 4 nitrogen and oxygen atoms in total. The SMILES string of the molecule is CC1(c2nc3c([nH]2)CC(N)CC3)CCCO1. The molecule has 0 aromatic carbocycles. The molecule has 0 saturated carbocycles. The van der Waals surface area contributed by atoms with Crippen molar-refractivity contribution < 1.29 is 4.74 Å². The molecule has 3 rings (SSSR count). The van der Waals surface area contributed by atoms with Crippen molar-refractivity contribution in [1.82, 2.24) is 9.97 Å². The highest BCUT2D eigenvalue weighted by Gasteiger charge is 2.36. The Labute approximate surface area is 95.6 Å². The Morgan fingerprint density at radius 3 is 3.19 bits per heavy atom. The van der Waals surface area contributed by atoms with E-state index in [0.29, 0.717) is 0 Å². The summed E-state index contributed by atoms with van der Waals surface area (Å²) < 4.78 is 5.81. The molecule has 0 amide bonds. The minimum atomic E-state index is -0.193. The quantitative estimate of drug-likeness (QED) is 0.750. The Bertz CT molecular complexity index is 393. The number of fused-ring (bicyclic) bond motifs is 1. The lowest BCUT2D eigenvalue weighted by atomic mass is 9.97. The number of hydrogen-bond donors (Lipinski definition) is 2. The fraction of sp³-hybridized carbons (Fsp3) is 0.750. The van der Waals surface area contributed by atoms with Crippen LogP contribution in [0.2, 0.25) is 0 Å². The van der Waals surface area contributed by atoms with Gasteiger partial charge in [-0.3, -0.25) is 0 Å². The number of nitrogens with one attached hydrogen (secondary N) is 1. The molecule has 1 aliphatic heterocycles. The molecular weight excluding hydrogens is 202 g/mol. The largest absolute Gasteiger partial charge is 0.367 e. The van der Waals surface area contributed by atoms with Gasteiger partial charge in [0, 0.05) is 24.8 Å². The summed E-state index contributed by atoms with van der Waals surface area (Å²) in [6, 6.07) is 0.290. The molecule has 1 aliphatic carbocycles. The maximum atomic E-state index is 5.97. The van der Waals surface area contributed by atoms with Gasteiger partial charge in [-0.05, 0) is 32.6 Å². The van der Waals surface area contributed by atoms with Gasteiger partial charge in [0.15, 0.2) is 0 Å². The number of aryl methyl sites for hydroxylation is 1. The summed E-state index contributed by atoms with van der Waals surface area (Å²) in [5.74, 6) is 1.00. The number of imidazole rings is 1. The Hall–Kier alpha value is -0.870. The van der Waals surface area contributed by atoms with Gasteiger partial charge in [0.2, 0.25) is 0 Å². The van der Waals surface area contributed by atoms with Crippen molar-refractivity contribution in [3.8, 4) is 0 Å². The zero-order valence-electron chi connectivity index (χ0n) is 9.75. The Morgan fingerprint density at radius 2 is 2.44 bits per heavy atom. The lowest BCUT2D eigenvalue weighted by molar-refractivity contribution is 0.00989. The fourth-order valence-electron chi connectivity index (χ4n) is 2.72. The minimum absolute atomic E-state index is 0.193. The molecule has 16 heavy (non-hydrogen) atoms. The smallest absolute Gasteiger partial charge is 0.138 e. The van der Waals surface area contributed by atoms with E-state index in [1.807, 2.05) is 0 Å². The second kappa shape index (κ2) is 3.57. The molecule has 2 atom stereocenters. The van der Waals surface area contributed by atoms with Gasteiger partial charge in [-0.1, -0.05) is 0 Å². The van der Waals surface area contributed by atoms with E-state index in [-0.39, 0.29) is 11.6 Å². The van der Waals surface area contributed by atoms with Crippen LogP contribution in [0.3, 0.4) is 0 Å². The topological polar surface area (TPSA) is 63.9 Å². The third-order valence-electron chi connectivity index (χ3n) is 3.80. The summed E-state index contributed by atoms with van der Waals surface area (Å²) in [5, 5.41) is 0. The molecular formula is C12H19N3O. The summed E-state index contributed by atoms with van der Waals surface area (Å²) in [7, 11) is 0. The van der Waals surface area contributed by atoms with Gasteiger partial charge < -0.3 is 15.5 Å². The fourth-order valence-corrected chi connectivity index (χ4v) is 2.72. The summed E-state index contributed by atoms with van der Waals surface area (Å²) >= 11 is 0. The van der Waals surface area contributed by atoms with Crippen molar-refractivity contribution in [3.63, 3.8) is 0 Å². The van der Waals surface area contributed by atoms with Crippen LogP contribution in [0.4, 0.5) is 0 Å². The third-order valence-corrected chi connectivity index (χ3v) is 3.80. The van der Waals surface area contributed by atoms with Gasteiger partial charge >= 0.3 is 0 Å². The van der Waals surface area contributed by atoms with Gasteiger partial charge in [0.05, 0.1) is 5.69 Å². The predicted molar refractivity (Wildman–Crippen MR) is 61.1 cm³/mol. The number of nitrogens with zero attached hydrogens (tertiary/aromatic N) is 1. The number of aromatic nitrogens is 2. The second-order valence-corrected chi connectivity index (χ2v) is 5.20. The molecule has 88 valence electrons. The van der Waals surface area contributed by atoms with Gasteiger partial charge in [0.1, 0.15) is 11.4 Å². The van der Waals surface area contributed by atoms with Crippen LogP contribution in [-0.2, 0) is 23.2 Å². The first-order chi connectivity index (χ1) is 7.67. The molecule has 0 spiro atoms. The van der Waals surface area contributed by atoms with Crippen LogP contribution >= 0.6 is 0 Å². The highest BCUT2D eigenvalue weighted by Crippen LogP contribution is 2.35. The number of aromatic amines is 1. The molecule has 2 aliphatic rings. The molecule has 1 saturated heterocycles. The van der Waals surface area contributed by atoms with Crippen LogP contribution in [-0.4, -0.2) is 22.6 Å². The van der Waals surface area contributed by atoms with Gasteiger partial charge in [-0.15, -0.1) is 0 Å². The average molecular weight is 221 g/mol. The normalized spacial score (nSPS) is 34.0. The highest BCUT2D eigenvalue weighted by molar-refractivity contribution is 5.22. The van der Waals surface area contributed by atoms with E-state index >= 15 is 0 Å². The van der Waals surface area contributed by atoms with Gasteiger partial charge in [-0.25, -0.2) is 4.98 Å². The number of ether oxygens (including phenoxy) is 1. The van der Waals surface area contributed by atoms with Crippen molar-refractivity contribution in [2.45, 2.75) is 50.7 Å². The monoisotopic (exact) mass is 221 g/mol. The van der Waals surface area contributed by atoms with E-state index in [4.69, 9.17) is 15.5 Å². The maximum Gasteiger partial charge on any atom is 0.138 e. The first-order valence-corrected chi connectivity index (χ1v) is 6.15. The van der Waals surface area contributed by atoms with Crippen LogP contribution in [0, 0.1) is 0 Å². The molecule has 3 N–H and O–H groups in total. The molecule has 0 bridgehead atoms. The number of hydrogen-bond acceptors (Lipinski definition) is 3. The standard InChI is InChI=1S/C12H19N3O/c1-12(5-2-6-16-12)11-14-9-4-3-8(13)7-10(9)15-11/h8H,2-7,13H2,1H3,(H,14,15). The first kappa shape index (κ1) is 10.3. The van der Waals surface area contributed by atoms with E-state index in [2.05, 4.69) is 11.9 Å². The third kappa shape index (κ3) is 1.57. The van der Waals surface area contributed by atoms with E-state index < -0.39 is 0 Å². The van der Waals surface area contributed by atoms with Crippen LogP contribution in [0.1, 0.15) is 43.4 Å².